The molecule has 1 aliphatic heterocycles. The van der Waals surface area contributed by atoms with Gasteiger partial charge in [-0.15, -0.1) is 0 Å². The molecule has 1 aromatic rings. The van der Waals surface area contributed by atoms with Crippen LogP contribution in [0.5, 0.6) is 0 Å². The minimum Gasteiger partial charge on any atom is -0.338 e. The monoisotopic (exact) mass is 283 g/mol. The molecule has 1 fully saturated rings. The number of nitrogens with zero attached hydrogens (tertiary/aromatic N) is 3. The SMILES string of the molecule is CC1CCN(C(=O)c2cc(Cl)ncc2[N+](=O)[O-])CC1. The molecule has 2 rings (SSSR count). The second-order valence-electron chi connectivity index (χ2n) is 4.76. The number of hydrogen-bond donors (Lipinski definition) is 0. The Hall–Kier alpha value is -1.69. The molecule has 0 aliphatic carbocycles. The van der Waals surface area contributed by atoms with Gasteiger partial charge in [0, 0.05) is 13.1 Å². The average Bonchev–Trinajstić information content (AvgIpc) is 2.38. The maximum absolute atomic E-state index is 12.3. The van der Waals surface area contributed by atoms with Crippen molar-refractivity contribution >= 4 is 23.2 Å². The van der Waals surface area contributed by atoms with Crippen LogP contribution in [0.15, 0.2) is 12.3 Å². The number of likely N-dealkylation sites (tertiary alicyclic amines) is 1. The van der Waals surface area contributed by atoms with Crippen LogP contribution < -0.4 is 0 Å². The van der Waals surface area contributed by atoms with Gasteiger partial charge in [-0.25, -0.2) is 4.98 Å². The third-order valence-corrected chi connectivity index (χ3v) is 3.55. The van der Waals surface area contributed by atoms with Gasteiger partial charge in [-0.05, 0) is 24.8 Å². The number of halogens is 1. The molecule has 0 saturated carbocycles. The highest BCUT2D eigenvalue weighted by atomic mass is 35.5. The van der Waals surface area contributed by atoms with E-state index in [4.69, 9.17) is 11.6 Å². The van der Waals surface area contributed by atoms with Crippen molar-refractivity contribution in [3.8, 4) is 0 Å². The van der Waals surface area contributed by atoms with E-state index in [-0.39, 0.29) is 22.3 Å². The first kappa shape index (κ1) is 13.7. The maximum Gasteiger partial charge on any atom is 0.300 e. The standard InChI is InChI=1S/C12H14ClN3O3/c1-8-2-4-15(5-3-8)12(17)9-6-11(13)14-7-10(9)16(18)19/h6-8H,2-5H2,1H3. The molecule has 19 heavy (non-hydrogen) atoms. The highest BCUT2D eigenvalue weighted by Gasteiger charge is 2.27. The van der Waals surface area contributed by atoms with Gasteiger partial charge in [0.15, 0.2) is 0 Å². The van der Waals surface area contributed by atoms with Crippen molar-refractivity contribution in [2.75, 3.05) is 13.1 Å². The fraction of sp³-hybridized carbons (Fsp3) is 0.500. The number of hydrogen-bond acceptors (Lipinski definition) is 4. The molecule has 0 atom stereocenters. The molecule has 1 aliphatic rings. The van der Waals surface area contributed by atoms with Gasteiger partial charge in [0.25, 0.3) is 11.6 Å². The van der Waals surface area contributed by atoms with Gasteiger partial charge in [-0.1, -0.05) is 18.5 Å². The molecular weight excluding hydrogens is 270 g/mol. The minimum absolute atomic E-state index is 0.0135. The number of piperidine rings is 1. The number of pyridine rings is 1. The van der Waals surface area contributed by atoms with Gasteiger partial charge >= 0.3 is 0 Å². The molecule has 0 spiro atoms. The molecule has 0 N–H and O–H groups in total. The van der Waals surface area contributed by atoms with Crippen molar-refractivity contribution in [1.82, 2.24) is 9.88 Å². The van der Waals surface area contributed by atoms with Crippen LogP contribution in [0.2, 0.25) is 5.15 Å². The Morgan fingerprint density at radius 1 is 1.53 bits per heavy atom. The van der Waals surface area contributed by atoms with E-state index >= 15 is 0 Å². The Morgan fingerprint density at radius 3 is 2.74 bits per heavy atom. The number of nitro groups is 1. The van der Waals surface area contributed by atoms with Gasteiger partial charge in [0.05, 0.1) is 4.92 Å². The van der Waals surface area contributed by atoms with Crippen molar-refractivity contribution in [1.29, 1.82) is 0 Å². The van der Waals surface area contributed by atoms with Crippen molar-refractivity contribution in [3.63, 3.8) is 0 Å². The molecule has 0 radical (unpaired) electrons. The first-order chi connectivity index (χ1) is 8.99. The molecule has 7 heteroatoms. The van der Waals surface area contributed by atoms with E-state index in [1.807, 2.05) is 0 Å². The van der Waals surface area contributed by atoms with E-state index in [9.17, 15) is 14.9 Å². The molecule has 102 valence electrons. The summed E-state index contributed by atoms with van der Waals surface area (Å²) in [6, 6.07) is 1.26. The second kappa shape index (κ2) is 5.52. The van der Waals surface area contributed by atoms with Crippen molar-refractivity contribution in [2.45, 2.75) is 19.8 Å². The van der Waals surface area contributed by atoms with E-state index in [0.717, 1.165) is 19.0 Å². The Morgan fingerprint density at radius 2 is 2.16 bits per heavy atom. The fourth-order valence-corrected chi connectivity index (χ4v) is 2.28. The predicted octanol–water partition coefficient (Wildman–Crippen LogP) is 2.52. The zero-order valence-electron chi connectivity index (χ0n) is 10.5. The molecule has 6 nitrogen and oxygen atoms in total. The molecule has 0 aromatic carbocycles. The van der Waals surface area contributed by atoms with Gasteiger partial charge in [0.1, 0.15) is 16.9 Å². The first-order valence-electron chi connectivity index (χ1n) is 6.08. The molecule has 1 aromatic heterocycles. The molecule has 1 amide bonds. The topological polar surface area (TPSA) is 76.3 Å². The van der Waals surface area contributed by atoms with Crippen LogP contribution in [0.3, 0.4) is 0 Å². The zero-order chi connectivity index (χ0) is 14.0. The van der Waals surface area contributed by atoms with Crippen LogP contribution in [-0.2, 0) is 0 Å². The summed E-state index contributed by atoms with van der Waals surface area (Å²) in [4.78, 5) is 27.9. The van der Waals surface area contributed by atoms with E-state index < -0.39 is 4.92 Å². The summed E-state index contributed by atoms with van der Waals surface area (Å²) >= 11 is 5.72. The summed E-state index contributed by atoms with van der Waals surface area (Å²) in [6.07, 6.45) is 2.86. The smallest absolute Gasteiger partial charge is 0.300 e. The summed E-state index contributed by atoms with van der Waals surface area (Å²) in [5, 5.41) is 11.0. The quantitative estimate of drug-likeness (QED) is 0.475. The predicted molar refractivity (Wildman–Crippen MR) is 70.2 cm³/mol. The average molecular weight is 284 g/mol. The first-order valence-corrected chi connectivity index (χ1v) is 6.46. The van der Waals surface area contributed by atoms with Gasteiger partial charge in [-0.2, -0.15) is 0 Å². The van der Waals surface area contributed by atoms with Crippen molar-refractivity contribution in [2.24, 2.45) is 5.92 Å². The summed E-state index contributed by atoms with van der Waals surface area (Å²) in [6.45, 7) is 3.38. The lowest BCUT2D eigenvalue weighted by Gasteiger charge is -2.30. The van der Waals surface area contributed by atoms with E-state index in [1.54, 1.807) is 4.90 Å². The van der Waals surface area contributed by atoms with Crippen LogP contribution in [0.25, 0.3) is 0 Å². The third kappa shape index (κ3) is 3.01. The normalized spacial score (nSPS) is 16.4. The van der Waals surface area contributed by atoms with E-state index in [0.29, 0.717) is 19.0 Å². The Labute approximate surface area is 115 Å². The summed E-state index contributed by atoms with van der Waals surface area (Å²) < 4.78 is 0. The Balaban J connectivity index is 2.27. The Bertz CT molecular complexity index is 513. The molecule has 1 saturated heterocycles. The molecular formula is C12H14ClN3O3. The molecule has 0 unspecified atom stereocenters. The van der Waals surface area contributed by atoms with Crippen LogP contribution >= 0.6 is 11.6 Å². The number of carbonyl (C=O) groups is 1. The molecule has 2 heterocycles. The summed E-state index contributed by atoms with van der Waals surface area (Å²) in [5.41, 5.74) is -0.285. The van der Waals surface area contributed by atoms with E-state index in [1.165, 1.54) is 6.07 Å². The fourth-order valence-electron chi connectivity index (χ4n) is 2.12. The van der Waals surface area contributed by atoms with Crippen LogP contribution in [-0.4, -0.2) is 33.8 Å². The van der Waals surface area contributed by atoms with Gasteiger partial charge in [0.2, 0.25) is 0 Å². The number of aromatic nitrogens is 1. The number of rotatable bonds is 2. The zero-order valence-corrected chi connectivity index (χ0v) is 11.3. The summed E-state index contributed by atoms with van der Waals surface area (Å²) in [7, 11) is 0. The maximum atomic E-state index is 12.3. The van der Waals surface area contributed by atoms with Crippen LogP contribution in [0.1, 0.15) is 30.1 Å². The van der Waals surface area contributed by atoms with Crippen molar-refractivity contribution in [3.05, 3.63) is 33.1 Å². The highest BCUT2D eigenvalue weighted by molar-refractivity contribution is 6.29. The highest BCUT2D eigenvalue weighted by Crippen LogP contribution is 2.24. The lowest BCUT2D eigenvalue weighted by Crippen LogP contribution is -2.38. The largest absolute Gasteiger partial charge is 0.338 e. The van der Waals surface area contributed by atoms with Crippen LogP contribution in [0.4, 0.5) is 5.69 Å². The van der Waals surface area contributed by atoms with Crippen LogP contribution in [0, 0.1) is 16.0 Å². The summed E-state index contributed by atoms with van der Waals surface area (Å²) in [5.74, 6) is 0.239. The molecule has 0 bridgehead atoms. The lowest BCUT2D eigenvalue weighted by atomic mass is 9.98. The Kier molecular flexibility index (Phi) is 3.99. The lowest BCUT2D eigenvalue weighted by molar-refractivity contribution is -0.385. The second-order valence-corrected chi connectivity index (χ2v) is 5.14. The third-order valence-electron chi connectivity index (χ3n) is 3.35. The van der Waals surface area contributed by atoms with Gasteiger partial charge < -0.3 is 4.90 Å². The number of carbonyl (C=O) groups excluding carboxylic acids is 1. The number of amides is 1. The van der Waals surface area contributed by atoms with E-state index in [2.05, 4.69) is 11.9 Å². The van der Waals surface area contributed by atoms with Gasteiger partial charge in [-0.3, -0.25) is 14.9 Å². The minimum atomic E-state index is -0.608. The van der Waals surface area contributed by atoms with Crippen molar-refractivity contribution < 1.29 is 9.72 Å².